The fourth-order valence-electron chi connectivity index (χ4n) is 2.59. The molecular weight excluding hydrogens is 280 g/mol. The van der Waals surface area contributed by atoms with Gasteiger partial charge in [0.1, 0.15) is 17.9 Å². The lowest BCUT2D eigenvalue weighted by Crippen LogP contribution is -2.36. The minimum atomic E-state index is 0.577. The number of aromatic nitrogens is 3. The molecule has 1 saturated heterocycles. The minimum Gasteiger partial charge on any atom is -0.493 e. The second kappa shape index (κ2) is 7.06. The number of nitrogens with zero attached hydrogens (tertiary/aromatic N) is 4. The monoisotopic (exact) mass is 300 g/mol. The summed E-state index contributed by atoms with van der Waals surface area (Å²) in [5.74, 6) is 3.00. The lowest BCUT2D eigenvalue weighted by molar-refractivity contribution is 0.222. The summed E-state index contributed by atoms with van der Waals surface area (Å²) < 4.78 is 11.0. The van der Waals surface area contributed by atoms with Crippen LogP contribution in [0.3, 0.4) is 0 Å². The standard InChI is InChI=1S/C16H20N4O2/c1-21-16-10-15(18-12-19-16)20-8-4-13(5-9-20)11-22-14-2-6-17-7-3-14/h2-3,6-7,10,12-13H,4-5,8-9,11H2,1H3. The van der Waals surface area contributed by atoms with Crippen molar-refractivity contribution in [2.24, 2.45) is 5.92 Å². The van der Waals surface area contributed by atoms with E-state index in [-0.39, 0.29) is 0 Å². The molecule has 1 fully saturated rings. The van der Waals surface area contributed by atoms with Crippen LogP contribution in [-0.2, 0) is 0 Å². The Morgan fingerprint density at radius 3 is 2.68 bits per heavy atom. The summed E-state index contributed by atoms with van der Waals surface area (Å²) in [5.41, 5.74) is 0. The molecule has 1 aliphatic heterocycles. The Balaban J connectivity index is 1.49. The van der Waals surface area contributed by atoms with E-state index in [2.05, 4.69) is 19.9 Å². The Morgan fingerprint density at radius 1 is 1.18 bits per heavy atom. The van der Waals surface area contributed by atoms with Crippen LogP contribution >= 0.6 is 0 Å². The van der Waals surface area contributed by atoms with Crippen molar-refractivity contribution in [1.82, 2.24) is 15.0 Å². The molecule has 0 spiro atoms. The summed E-state index contributed by atoms with van der Waals surface area (Å²) in [4.78, 5) is 14.6. The van der Waals surface area contributed by atoms with Crippen LogP contribution in [0, 0.1) is 5.92 Å². The molecule has 0 unspecified atom stereocenters. The lowest BCUT2D eigenvalue weighted by atomic mass is 9.98. The van der Waals surface area contributed by atoms with Gasteiger partial charge in [0.2, 0.25) is 5.88 Å². The Labute approximate surface area is 130 Å². The fourth-order valence-corrected chi connectivity index (χ4v) is 2.59. The second-order valence-corrected chi connectivity index (χ2v) is 5.34. The highest BCUT2D eigenvalue weighted by Gasteiger charge is 2.21. The highest BCUT2D eigenvalue weighted by atomic mass is 16.5. The molecule has 0 bridgehead atoms. The zero-order valence-electron chi connectivity index (χ0n) is 12.7. The average molecular weight is 300 g/mol. The molecule has 3 rings (SSSR count). The van der Waals surface area contributed by atoms with E-state index in [9.17, 15) is 0 Å². The third kappa shape index (κ3) is 3.63. The van der Waals surface area contributed by atoms with Gasteiger partial charge in [0.25, 0.3) is 0 Å². The van der Waals surface area contributed by atoms with Gasteiger partial charge in [-0.05, 0) is 30.9 Å². The lowest BCUT2D eigenvalue weighted by Gasteiger charge is -2.32. The number of ether oxygens (including phenoxy) is 2. The molecule has 22 heavy (non-hydrogen) atoms. The predicted octanol–water partition coefficient (Wildman–Crippen LogP) is 2.18. The third-order valence-electron chi connectivity index (χ3n) is 3.91. The van der Waals surface area contributed by atoms with Gasteiger partial charge in [0.15, 0.2) is 0 Å². The van der Waals surface area contributed by atoms with Gasteiger partial charge in [-0.3, -0.25) is 4.98 Å². The quantitative estimate of drug-likeness (QED) is 0.843. The number of piperidine rings is 1. The van der Waals surface area contributed by atoms with Gasteiger partial charge < -0.3 is 14.4 Å². The Kier molecular flexibility index (Phi) is 4.68. The van der Waals surface area contributed by atoms with Gasteiger partial charge in [-0.15, -0.1) is 0 Å². The molecule has 0 radical (unpaired) electrons. The molecule has 3 heterocycles. The fraction of sp³-hybridized carbons (Fsp3) is 0.438. The van der Waals surface area contributed by atoms with Crippen molar-refractivity contribution in [3.8, 4) is 11.6 Å². The molecular formula is C16H20N4O2. The molecule has 0 atom stereocenters. The zero-order valence-corrected chi connectivity index (χ0v) is 12.7. The molecule has 2 aromatic heterocycles. The summed E-state index contributed by atoms with van der Waals surface area (Å²) in [5, 5.41) is 0. The van der Waals surface area contributed by atoms with Crippen LogP contribution in [-0.4, -0.2) is 41.8 Å². The first-order valence-electron chi connectivity index (χ1n) is 7.49. The topological polar surface area (TPSA) is 60.4 Å². The van der Waals surface area contributed by atoms with Gasteiger partial charge in [-0.1, -0.05) is 0 Å². The summed E-state index contributed by atoms with van der Waals surface area (Å²) in [7, 11) is 1.62. The molecule has 0 amide bonds. The Bertz CT molecular complexity index is 586. The number of pyridine rings is 1. The predicted molar refractivity (Wildman–Crippen MR) is 83.3 cm³/mol. The van der Waals surface area contributed by atoms with Crippen molar-refractivity contribution in [2.75, 3.05) is 31.7 Å². The average Bonchev–Trinajstić information content (AvgIpc) is 2.61. The van der Waals surface area contributed by atoms with Gasteiger partial charge >= 0.3 is 0 Å². The highest BCUT2D eigenvalue weighted by molar-refractivity contribution is 5.41. The summed E-state index contributed by atoms with van der Waals surface area (Å²) in [6.45, 7) is 2.71. The van der Waals surface area contributed by atoms with E-state index in [0.717, 1.165) is 44.1 Å². The van der Waals surface area contributed by atoms with Gasteiger partial charge in [-0.2, -0.15) is 0 Å². The minimum absolute atomic E-state index is 0.577. The SMILES string of the molecule is COc1cc(N2CCC(COc3ccncc3)CC2)ncn1. The summed E-state index contributed by atoms with van der Waals surface area (Å²) >= 11 is 0. The molecule has 2 aromatic rings. The Hall–Kier alpha value is -2.37. The molecule has 0 N–H and O–H groups in total. The number of anilines is 1. The number of hydrogen-bond donors (Lipinski definition) is 0. The van der Waals surface area contributed by atoms with Crippen LogP contribution in [0.5, 0.6) is 11.6 Å². The highest BCUT2D eigenvalue weighted by Crippen LogP contribution is 2.24. The Morgan fingerprint density at radius 2 is 1.95 bits per heavy atom. The molecule has 0 aliphatic carbocycles. The van der Waals surface area contributed by atoms with E-state index in [4.69, 9.17) is 9.47 Å². The molecule has 0 aromatic carbocycles. The van der Waals surface area contributed by atoms with Crippen LogP contribution in [0.2, 0.25) is 0 Å². The maximum Gasteiger partial charge on any atom is 0.218 e. The first-order valence-corrected chi connectivity index (χ1v) is 7.49. The largest absolute Gasteiger partial charge is 0.493 e. The summed E-state index contributed by atoms with van der Waals surface area (Å²) in [6.07, 6.45) is 7.24. The van der Waals surface area contributed by atoms with Crippen molar-refractivity contribution < 1.29 is 9.47 Å². The van der Waals surface area contributed by atoms with Gasteiger partial charge in [0, 0.05) is 31.5 Å². The first-order chi connectivity index (χ1) is 10.8. The molecule has 1 aliphatic rings. The summed E-state index contributed by atoms with van der Waals surface area (Å²) in [6, 6.07) is 5.67. The van der Waals surface area contributed by atoms with E-state index in [1.54, 1.807) is 25.8 Å². The van der Waals surface area contributed by atoms with Crippen LogP contribution < -0.4 is 14.4 Å². The van der Waals surface area contributed by atoms with E-state index in [0.29, 0.717) is 11.8 Å². The molecule has 6 nitrogen and oxygen atoms in total. The van der Waals surface area contributed by atoms with Gasteiger partial charge in [-0.25, -0.2) is 9.97 Å². The maximum atomic E-state index is 5.82. The second-order valence-electron chi connectivity index (χ2n) is 5.34. The van der Waals surface area contributed by atoms with Crippen molar-refractivity contribution in [3.05, 3.63) is 36.9 Å². The number of rotatable bonds is 5. The van der Waals surface area contributed by atoms with Crippen LogP contribution in [0.1, 0.15) is 12.8 Å². The number of methoxy groups -OCH3 is 1. The molecule has 6 heteroatoms. The van der Waals surface area contributed by atoms with E-state index >= 15 is 0 Å². The van der Waals surface area contributed by atoms with Gasteiger partial charge in [0.05, 0.1) is 13.7 Å². The van der Waals surface area contributed by atoms with E-state index < -0.39 is 0 Å². The molecule has 0 saturated carbocycles. The smallest absolute Gasteiger partial charge is 0.218 e. The van der Waals surface area contributed by atoms with Crippen LogP contribution in [0.15, 0.2) is 36.9 Å². The first kappa shape index (κ1) is 14.6. The van der Waals surface area contributed by atoms with Crippen LogP contribution in [0.25, 0.3) is 0 Å². The van der Waals surface area contributed by atoms with E-state index in [1.807, 2.05) is 18.2 Å². The van der Waals surface area contributed by atoms with Crippen molar-refractivity contribution in [2.45, 2.75) is 12.8 Å². The van der Waals surface area contributed by atoms with Crippen molar-refractivity contribution in [1.29, 1.82) is 0 Å². The number of hydrogen-bond acceptors (Lipinski definition) is 6. The zero-order chi connectivity index (χ0) is 15.2. The van der Waals surface area contributed by atoms with Crippen LogP contribution in [0.4, 0.5) is 5.82 Å². The third-order valence-corrected chi connectivity index (χ3v) is 3.91. The normalized spacial score (nSPS) is 15.6. The maximum absolute atomic E-state index is 5.82. The van der Waals surface area contributed by atoms with Crippen molar-refractivity contribution >= 4 is 5.82 Å². The molecule has 116 valence electrons. The van der Waals surface area contributed by atoms with Crippen molar-refractivity contribution in [3.63, 3.8) is 0 Å². The van der Waals surface area contributed by atoms with E-state index in [1.165, 1.54) is 0 Å².